The molecule has 0 radical (unpaired) electrons. The van der Waals surface area contributed by atoms with Gasteiger partial charge in [0.2, 0.25) is 0 Å². The summed E-state index contributed by atoms with van der Waals surface area (Å²) in [6.07, 6.45) is -0.361. The van der Waals surface area contributed by atoms with Crippen LogP contribution in [0.15, 0.2) is 0 Å². The lowest BCUT2D eigenvalue weighted by molar-refractivity contribution is 0.0608. The molecule has 0 fully saturated rings. The van der Waals surface area contributed by atoms with Crippen LogP contribution >= 0.6 is 0 Å². The Hall–Kier alpha value is -0.0800. The van der Waals surface area contributed by atoms with E-state index in [0.717, 1.165) is 0 Å². The van der Waals surface area contributed by atoms with E-state index in [1.165, 1.54) is 0 Å². The zero-order chi connectivity index (χ0) is 8.36. The van der Waals surface area contributed by atoms with Crippen molar-refractivity contribution < 1.29 is 5.11 Å². The summed E-state index contributed by atoms with van der Waals surface area (Å²) in [5, 5.41) is 9.34. The normalized spacial score (nSPS) is 18.6. The molecule has 0 aromatic heterocycles. The van der Waals surface area contributed by atoms with Crippen LogP contribution in [-0.4, -0.2) is 17.8 Å². The lowest BCUT2D eigenvalue weighted by Gasteiger charge is -2.30. The van der Waals surface area contributed by atoms with E-state index in [2.05, 4.69) is 20.8 Å². The Morgan fingerprint density at radius 3 is 1.90 bits per heavy atom. The molecule has 0 aliphatic rings. The molecule has 3 N–H and O–H groups in total. The van der Waals surface area contributed by atoms with Crippen molar-refractivity contribution in [1.29, 1.82) is 0 Å². The molecule has 0 aromatic rings. The Bertz CT molecular complexity index is 95.9. The highest BCUT2D eigenvalue weighted by molar-refractivity contribution is 4.76. The Balaban J connectivity index is 3.94. The Labute approximate surface area is 63.4 Å². The van der Waals surface area contributed by atoms with Gasteiger partial charge in [0.1, 0.15) is 0 Å². The zero-order valence-corrected chi connectivity index (χ0v) is 7.39. The summed E-state index contributed by atoms with van der Waals surface area (Å²) in [6, 6.07) is 0. The van der Waals surface area contributed by atoms with Crippen molar-refractivity contribution in [3.05, 3.63) is 0 Å². The standard InChI is InChI=1S/C8H19NO/c1-6(7(10)5-9)8(2,3)4/h6-7,10H,5,9H2,1-4H3. The SMILES string of the molecule is CC(C(O)CN)C(C)(C)C. The first-order chi connectivity index (χ1) is 4.39. The maximum absolute atomic E-state index is 9.34. The minimum atomic E-state index is -0.361. The quantitative estimate of drug-likeness (QED) is 0.608. The minimum Gasteiger partial charge on any atom is -0.392 e. The van der Waals surface area contributed by atoms with Crippen LogP contribution in [0.25, 0.3) is 0 Å². The Morgan fingerprint density at radius 1 is 1.40 bits per heavy atom. The van der Waals surface area contributed by atoms with Gasteiger partial charge in [-0.15, -0.1) is 0 Å². The van der Waals surface area contributed by atoms with Crippen LogP contribution in [0.3, 0.4) is 0 Å². The van der Waals surface area contributed by atoms with Crippen LogP contribution in [0, 0.1) is 11.3 Å². The van der Waals surface area contributed by atoms with Gasteiger partial charge in [0, 0.05) is 6.54 Å². The van der Waals surface area contributed by atoms with E-state index >= 15 is 0 Å². The van der Waals surface area contributed by atoms with E-state index in [9.17, 15) is 5.11 Å². The first-order valence-electron chi connectivity index (χ1n) is 3.77. The van der Waals surface area contributed by atoms with Gasteiger partial charge in [-0.05, 0) is 11.3 Å². The molecule has 10 heavy (non-hydrogen) atoms. The third-order valence-corrected chi connectivity index (χ3v) is 2.18. The summed E-state index contributed by atoms with van der Waals surface area (Å²) >= 11 is 0. The molecular formula is C8H19NO. The number of aliphatic hydroxyl groups excluding tert-OH is 1. The van der Waals surface area contributed by atoms with Gasteiger partial charge >= 0.3 is 0 Å². The lowest BCUT2D eigenvalue weighted by atomic mass is 9.79. The molecule has 0 aromatic carbocycles. The van der Waals surface area contributed by atoms with E-state index in [0.29, 0.717) is 6.54 Å². The molecule has 0 aliphatic heterocycles. The highest BCUT2D eigenvalue weighted by atomic mass is 16.3. The Morgan fingerprint density at radius 2 is 1.80 bits per heavy atom. The minimum absolute atomic E-state index is 0.152. The zero-order valence-electron chi connectivity index (χ0n) is 7.39. The maximum atomic E-state index is 9.34. The van der Waals surface area contributed by atoms with E-state index < -0.39 is 0 Å². The van der Waals surface area contributed by atoms with Gasteiger partial charge in [0.05, 0.1) is 6.10 Å². The number of hydrogen-bond acceptors (Lipinski definition) is 2. The van der Waals surface area contributed by atoms with Crippen molar-refractivity contribution in [3.63, 3.8) is 0 Å². The molecule has 0 spiro atoms. The van der Waals surface area contributed by atoms with Crippen LogP contribution in [-0.2, 0) is 0 Å². The van der Waals surface area contributed by atoms with Gasteiger partial charge in [0.25, 0.3) is 0 Å². The first kappa shape index (κ1) is 9.92. The van der Waals surface area contributed by atoms with Crippen LogP contribution in [0.1, 0.15) is 27.7 Å². The van der Waals surface area contributed by atoms with Gasteiger partial charge in [-0.3, -0.25) is 0 Å². The topological polar surface area (TPSA) is 46.2 Å². The van der Waals surface area contributed by atoms with E-state index in [4.69, 9.17) is 5.73 Å². The maximum Gasteiger partial charge on any atom is 0.0692 e. The second kappa shape index (κ2) is 3.35. The number of rotatable bonds is 2. The molecule has 0 saturated carbocycles. The van der Waals surface area contributed by atoms with Crippen molar-refractivity contribution in [2.75, 3.05) is 6.54 Å². The van der Waals surface area contributed by atoms with Crippen LogP contribution < -0.4 is 5.73 Å². The van der Waals surface area contributed by atoms with Gasteiger partial charge in [0.15, 0.2) is 0 Å². The predicted octanol–water partition coefficient (Wildman–Crippen LogP) is 0.988. The Kier molecular flexibility index (Phi) is 3.33. The van der Waals surface area contributed by atoms with Gasteiger partial charge in [-0.2, -0.15) is 0 Å². The molecule has 2 unspecified atom stereocenters. The third-order valence-electron chi connectivity index (χ3n) is 2.18. The molecule has 2 nitrogen and oxygen atoms in total. The molecule has 2 atom stereocenters. The second-order valence-corrected chi connectivity index (χ2v) is 3.96. The monoisotopic (exact) mass is 145 g/mol. The van der Waals surface area contributed by atoms with Gasteiger partial charge in [-0.1, -0.05) is 27.7 Å². The molecule has 0 heterocycles. The highest BCUT2D eigenvalue weighted by Crippen LogP contribution is 2.27. The highest BCUT2D eigenvalue weighted by Gasteiger charge is 2.25. The van der Waals surface area contributed by atoms with Crippen LogP contribution in [0.4, 0.5) is 0 Å². The molecule has 0 saturated heterocycles. The summed E-state index contributed by atoms with van der Waals surface area (Å²) in [5.41, 5.74) is 5.47. The van der Waals surface area contributed by atoms with E-state index in [-0.39, 0.29) is 17.4 Å². The smallest absolute Gasteiger partial charge is 0.0692 e. The lowest BCUT2D eigenvalue weighted by Crippen LogP contribution is -2.35. The predicted molar refractivity (Wildman–Crippen MR) is 43.7 cm³/mol. The largest absolute Gasteiger partial charge is 0.392 e. The van der Waals surface area contributed by atoms with Gasteiger partial charge < -0.3 is 10.8 Å². The van der Waals surface area contributed by atoms with Crippen molar-refractivity contribution in [2.45, 2.75) is 33.8 Å². The number of hydrogen-bond donors (Lipinski definition) is 2. The molecule has 0 bridgehead atoms. The average molecular weight is 145 g/mol. The van der Waals surface area contributed by atoms with Crippen molar-refractivity contribution in [1.82, 2.24) is 0 Å². The second-order valence-electron chi connectivity index (χ2n) is 3.96. The number of aliphatic hydroxyl groups is 1. The fourth-order valence-corrected chi connectivity index (χ4v) is 0.781. The van der Waals surface area contributed by atoms with E-state index in [1.807, 2.05) is 6.92 Å². The molecule has 2 heteroatoms. The molecule has 0 rings (SSSR count). The molecule has 0 aliphatic carbocycles. The summed E-state index contributed by atoms with van der Waals surface area (Å²) in [6.45, 7) is 8.71. The molecular weight excluding hydrogens is 126 g/mol. The fourth-order valence-electron chi connectivity index (χ4n) is 0.781. The molecule has 62 valence electrons. The average Bonchev–Trinajstić information content (AvgIpc) is 1.83. The van der Waals surface area contributed by atoms with E-state index in [1.54, 1.807) is 0 Å². The third kappa shape index (κ3) is 2.67. The van der Waals surface area contributed by atoms with Crippen molar-refractivity contribution in [2.24, 2.45) is 17.1 Å². The summed E-state index contributed by atoms with van der Waals surface area (Å²) < 4.78 is 0. The van der Waals surface area contributed by atoms with Crippen LogP contribution in [0.2, 0.25) is 0 Å². The van der Waals surface area contributed by atoms with Crippen LogP contribution in [0.5, 0.6) is 0 Å². The first-order valence-corrected chi connectivity index (χ1v) is 3.77. The summed E-state index contributed by atoms with van der Waals surface area (Å²) in [4.78, 5) is 0. The fraction of sp³-hybridized carbons (Fsp3) is 1.00. The summed E-state index contributed by atoms with van der Waals surface area (Å²) in [5.74, 6) is 0.262. The van der Waals surface area contributed by atoms with Crippen molar-refractivity contribution >= 4 is 0 Å². The summed E-state index contributed by atoms with van der Waals surface area (Å²) in [7, 11) is 0. The van der Waals surface area contributed by atoms with Gasteiger partial charge in [-0.25, -0.2) is 0 Å². The van der Waals surface area contributed by atoms with Crippen molar-refractivity contribution in [3.8, 4) is 0 Å². The molecule has 0 amide bonds. The number of nitrogens with two attached hydrogens (primary N) is 1.